The van der Waals surface area contributed by atoms with Crippen LogP contribution in [0.1, 0.15) is 93.9 Å². The fourth-order valence-corrected chi connectivity index (χ4v) is 4.46. The Morgan fingerprint density at radius 3 is 1.95 bits per heavy atom. The fraction of sp³-hybridized carbons (Fsp3) is 0.429. The number of unbranched alkanes of at least 4 members (excludes halogenated alkanes) is 1. The van der Waals surface area contributed by atoms with Crippen LogP contribution in [0.15, 0.2) is 66.7 Å². The first-order valence-electron chi connectivity index (χ1n) is 14.5. The third-order valence-electron chi connectivity index (χ3n) is 7.03. The van der Waals surface area contributed by atoms with Gasteiger partial charge in [0.2, 0.25) is 5.91 Å². The number of nitrogens with zero attached hydrogens (tertiary/aromatic N) is 1. The Kier molecular flexibility index (Phi) is 11.2. The highest BCUT2D eigenvalue weighted by Crippen LogP contribution is 2.31. The molecular weight excluding hydrogens is 532 g/mol. The second kappa shape index (κ2) is 14.2. The Bertz CT molecular complexity index is 1270. The minimum Gasteiger partial charge on any atom is -0.462 e. The molecule has 3 aromatic rings. The van der Waals surface area contributed by atoms with E-state index in [1.165, 1.54) is 11.1 Å². The van der Waals surface area contributed by atoms with Gasteiger partial charge in [-0.1, -0.05) is 96.8 Å². The smallest absolute Gasteiger partial charge is 0.338 e. The summed E-state index contributed by atoms with van der Waals surface area (Å²) < 4.78 is 5.37. The summed E-state index contributed by atoms with van der Waals surface area (Å²) in [6.07, 6.45) is 1.79. The number of amides is 1. The van der Waals surface area contributed by atoms with Crippen LogP contribution in [-0.4, -0.2) is 25.0 Å². The normalized spacial score (nSPS) is 11.8. The number of anilines is 1. The third-order valence-corrected chi connectivity index (χ3v) is 7.28. The maximum atomic E-state index is 13.7. The predicted octanol–water partition coefficient (Wildman–Crippen LogP) is 8.21. The molecule has 5 nitrogen and oxygen atoms in total. The number of hydrogen-bond acceptors (Lipinski definition) is 4. The predicted molar refractivity (Wildman–Crippen MR) is 170 cm³/mol. The van der Waals surface area contributed by atoms with Crippen molar-refractivity contribution in [2.45, 2.75) is 85.2 Å². The number of esters is 1. The molecule has 0 spiro atoms. The first-order valence-corrected chi connectivity index (χ1v) is 14.8. The molecule has 3 aromatic carbocycles. The summed E-state index contributed by atoms with van der Waals surface area (Å²) in [5.74, 6) is -0.407. The molecule has 1 N–H and O–H groups in total. The van der Waals surface area contributed by atoms with Gasteiger partial charge in [-0.25, -0.2) is 4.79 Å². The zero-order valence-electron chi connectivity index (χ0n) is 25.6. The molecule has 0 radical (unpaired) electrons. The van der Waals surface area contributed by atoms with Crippen LogP contribution in [0, 0.1) is 0 Å². The van der Waals surface area contributed by atoms with E-state index in [0.29, 0.717) is 30.3 Å². The Morgan fingerprint density at radius 2 is 1.41 bits per heavy atom. The first-order chi connectivity index (χ1) is 19.3. The molecule has 0 saturated heterocycles. The molecule has 0 atom stereocenters. The van der Waals surface area contributed by atoms with Gasteiger partial charge >= 0.3 is 5.97 Å². The maximum absolute atomic E-state index is 13.7. The van der Waals surface area contributed by atoms with Crippen molar-refractivity contribution in [2.24, 2.45) is 0 Å². The van der Waals surface area contributed by atoms with E-state index in [4.69, 9.17) is 16.3 Å². The van der Waals surface area contributed by atoms with Gasteiger partial charge in [0.25, 0.3) is 0 Å². The number of ether oxygens (including phenoxy) is 1. The van der Waals surface area contributed by atoms with Crippen LogP contribution in [0.5, 0.6) is 0 Å². The average molecular weight is 577 g/mol. The number of benzene rings is 3. The second-order valence-corrected chi connectivity index (χ2v) is 13.1. The van der Waals surface area contributed by atoms with Crippen LogP contribution in [0.3, 0.4) is 0 Å². The van der Waals surface area contributed by atoms with E-state index in [2.05, 4.69) is 72.0 Å². The minimum absolute atomic E-state index is 0.0369. The van der Waals surface area contributed by atoms with E-state index >= 15 is 0 Å². The summed E-state index contributed by atoms with van der Waals surface area (Å²) in [5.41, 5.74) is 5.71. The van der Waals surface area contributed by atoms with Crippen molar-refractivity contribution in [3.8, 4) is 0 Å². The molecule has 41 heavy (non-hydrogen) atoms. The number of nitrogens with one attached hydrogen (secondary N) is 1. The monoisotopic (exact) mass is 576 g/mol. The standard InChI is InChI=1S/C35H45ClN2O3/c1-8-9-18-41-33(40)27-12-16-31(17-13-27)38(32(39)23-37-22-25-10-14-30(36)15-11-25)24-26-19-28(34(2,3)4)21-29(20-26)35(5,6)7/h10-17,19-21,37H,8-9,18,22-24H2,1-7H3. The molecule has 0 heterocycles. The molecule has 1 amide bonds. The van der Waals surface area contributed by atoms with Gasteiger partial charge < -0.3 is 15.0 Å². The Morgan fingerprint density at radius 1 is 0.829 bits per heavy atom. The van der Waals surface area contributed by atoms with E-state index in [1.54, 1.807) is 17.0 Å². The van der Waals surface area contributed by atoms with Gasteiger partial charge in [-0.2, -0.15) is 0 Å². The first kappa shape index (κ1) is 32.4. The van der Waals surface area contributed by atoms with E-state index in [9.17, 15) is 9.59 Å². The number of halogens is 1. The molecule has 0 aliphatic heterocycles. The highest BCUT2D eigenvalue weighted by molar-refractivity contribution is 6.30. The third kappa shape index (κ3) is 9.72. The lowest BCUT2D eigenvalue weighted by atomic mass is 9.79. The lowest BCUT2D eigenvalue weighted by Crippen LogP contribution is -2.38. The van der Waals surface area contributed by atoms with Gasteiger partial charge in [0.15, 0.2) is 0 Å². The van der Waals surface area contributed by atoms with Crippen LogP contribution in [0.2, 0.25) is 5.02 Å². The minimum atomic E-state index is -0.347. The molecular formula is C35H45ClN2O3. The molecule has 0 aliphatic carbocycles. The Hall–Kier alpha value is -3.15. The SMILES string of the molecule is CCCCOC(=O)c1ccc(N(Cc2cc(C(C)(C)C)cc(C(C)(C)C)c2)C(=O)CNCc2ccc(Cl)cc2)cc1. The lowest BCUT2D eigenvalue weighted by molar-refractivity contribution is -0.118. The molecule has 0 aromatic heterocycles. The highest BCUT2D eigenvalue weighted by atomic mass is 35.5. The molecule has 0 aliphatic rings. The fourth-order valence-electron chi connectivity index (χ4n) is 4.34. The molecule has 0 bridgehead atoms. The Balaban J connectivity index is 1.89. The van der Waals surface area contributed by atoms with Crippen LogP contribution in [0.25, 0.3) is 0 Å². The summed E-state index contributed by atoms with van der Waals surface area (Å²) in [5, 5.41) is 3.96. The summed E-state index contributed by atoms with van der Waals surface area (Å²) >= 11 is 6.01. The summed E-state index contributed by atoms with van der Waals surface area (Å²) in [6, 6.07) is 21.4. The number of hydrogen-bond donors (Lipinski definition) is 1. The maximum Gasteiger partial charge on any atom is 0.338 e. The molecule has 220 valence electrons. The van der Waals surface area contributed by atoms with Gasteiger partial charge in [-0.05, 0) is 75.9 Å². The molecule has 0 saturated carbocycles. The quantitative estimate of drug-likeness (QED) is 0.184. The van der Waals surface area contributed by atoms with Gasteiger partial charge in [0, 0.05) is 17.3 Å². The van der Waals surface area contributed by atoms with Crippen molar-refractivity contribution in [3.05, 3.63) is 99.6 Å². The molecule has 3 rings (SSSR count). The molecule has 0 unspecified atom stereocenters. The van der Waals surface area contributed by atoms with Crippen LogP contribution >= 0.6 is 11.6 Å². The van der Waals surface area contributed by atoms with Gasteiger partial charge in [0.05, 0.1) is 25.3 Å². The van der Waals surface area contributed by atoms with Crippen LogP contribution in [-0.2, 0) is 33.5 Å². The van der Waals surface area contributed by atoms with Crippen molar-refractivity contribution in [1.29, 1.82) is 0 Å². The Labute approximate surface area is 251 Å². The van der Waals surface area contributed by atoms with Crippen LogP contribution in [0.4, 0.5) is 5.69 Å². The van der Waals surface area contributed by atoms with Gasteiger partial charge in [-0.15, -0.1) is 0 Å². The zero-order valence-corrected chi connectivity index (χ0v) is 26.4. The van der Waals surface area contributed by atoms with Gasteiger partial charge in [-0.3, -0.25) is 4.79 Å². The average Bonchev–Trinajstić information content (AvgIpc) is 2.92. The van der Waals surface area contributed by atoms with E-state index < -0.39 is 0 Å². The summed E-state index contributed by atoms with van der Waals surface area (Å²) in [7, 11) is 0. The number of rotatable bonds is 11. The van der Waals surface area contributed by atoms with E-state index in [-0.39, 0.29) is 29.3 Å². The summed E-state index contributed by atoms with van der Waals surface area (Å²) in [4.78, 5) is 28.0. The molecule has 6 heteroatoms. The van der Waals surface area contributed by atoms with Crippen molar-refractivity contribution in [1.82, 2.24) is 5.32 Å². The number of carbonyl (C=O) groups excluding carboxylic acids is 2. The van der Waals surface area contributed by atoms with Crippen molar-refractivity contribution in [2.75, 3.05) is 18.1 Å². The highest BCUT2D eigenvalue weighted by Gasteiger charge is 2.23. The van der Waals surface area contributed by atoms with E-state index in [0.717, 1.165) is 29.7 Å². The summed E-state index contributed by atoms with van der Waals surface area (Å²) in [6.45, 7) is 16.8. The van der Waals surface area contributed by atoms with E-state index in [1.807, 2.05) is 36.4 Å². The van der Waals surface area contributed by atoms with Crippen molar-refractivity contribution < 1.29 is 14.3 Å². The number of carbonyl (C=O) groups is 2. The zero-order chi connectivity index (χ0) is 30.2. The van der Waals surface area contributed by atoms with Gasteiger partial charge in [0.1, 0.15) is 0 Å². The lowest BCUT2D eigenvalue weighted by Gasteiger charge is -2.28. The topological polar surface area (TPSA) is 58.6 Å². The van der Waals surface area contributed by atoms with Crippen LogP contribution < -0.4 is 10.2 Å². The second-order valence-electron chi connectivity index (χ2n) is 12.7. The molecule has 0 fully saturated rings. The van der Waals surface area contributed by atoms with Crippen molar-refractivity contribution in [3.63, 3.8) is 0 Å². The largest absolute Gasteiger partial charge is 0.462 e. The van der Waals surface area contributed by atoms with Crippen molar-refractivity contribution >= 4 is 29.2 Å².